The number of nitrogens with two attached hydrogens (primary N) is 1. The number of rotatable bonds is 6. The number of nitrogens with one attached hydrogen (secondary N) is 2. The maximum atomic E-state index is 6.93. The van der Waals surface area contributed by atoms with Crippen LogP contribution in [-0.4, -0.2) is 12.5 Å². The Hall–Kier alpha value is -0.730. The third-order valence-electron chi connectivity index (χ3n) is 2.02. The van der Waals surface area contributed by atoms with Crippen molar-refractivity contribution >= 4 is 5.96 Å². The van der Waals surface area contributed by atoms with Crippen molar-refractivity contribution in [3.05, 3.63) is 5.92 Å². The lowest BCUT2D eigenvalue weighted by molar-refractivity contribution is 0.648. The maximum absolute atomic E-state index is 6.93. The first-order valence-corrected chi connectivity index (χ1v) is 4.62. The zero-order valence-corrected chi connectivity index (χ0v) is 8.11. The first-order chi connectivity index (χ1) is 5.70. The van der Waals surface area contributed by atoms with Gasteiger partial charge >= 0.3 is 0 Å². The van der Waals surface area contributed by atoms with E-state index in [9.17, 15) is 0 Å². The molecule has 0 rings (SSSR count). The third kappa shape index (κ3) is 6.01. The minimum atomic E-state index is 0.0737. The number of hydrogen-bond donors (Lipinski definition) is 3. The Balaban J connectivity index is 3.23. The molecule has 1 radical (unpaired) electrons. The van der Waals surface area contributed by atoms with Crippen molar-refractivity contribution < 1.29 is 0 Å². The summed E-state index contributed by atoms with van der Waals surface area (Å²) in [6.07, 6.45) is 4.59. The van der Waals surface area contributed by atoms with E-state index in [4.69, 9.17) is 11.1 Å². The van der Waals surface area contributed by atoms with Gasteiger partial charge in [0.05, 0.1) is 0 Å². The minimum Gasteiger partial charge on any atom is -0.370 e. The predicted octanol–water partition coefficient (Wildman–Crippen LogP) is 1.64. The summed E-state index contributed by atoms with van der Waals surface area (Å²) in [6.45, 7) is 5.20. The molecule has 0 heterocycles. The number of guanidine groups is 1. The molecule has 0 saturated carbocycles. The molecule has 3 nitrogen and oxygen atoms in total. The first kappa shape index (κ1) is 11.3. The Morgan fingerprint density at radius 2 is 1.92 bits per heavy atom. The Labute approximate surface area is 75.2 Å². The summed E-state index contributed by atoms with van der Waals surface area (Å²) in [6, 6.07) is 0. The van der Waals surface area contributed by atoms with Crippen LogP contribution in [0.15, 0.2) is 0 Å². The molecule has 0 aliphatic rings. The van der Waals surface area contributed by atoms with Crippen molar-refractivity contribution in [3.63, 3.8) is 0 Å². The lowest BCUT2D eigenvalue weighted by Crippen LogP contribution is -2.31. The quantitative estimate of drug-likeness (QED) is 0.322. The summed E-state index contributed by atoms with van der Waals surface area (Å²) in [5.41, 5.74) is 5.14. The molecule has 0 bridgehead atoms. The predicted molar refractivity (Wildman–Crippen MR) is 53.0 cm³/mol. The van der Waals surface area contributed by atoms with Crippen LogP contribution in [0.3, 0.4) is 0 Å². The molecule has 0 unspecified atom stereocenters. The molecule has 71 valence electrons. The average molecular weight is 170 g/mol. The minimum absolute atomic E-state index is 0.0737. The highest BCUT2D eigenvalue weighted by atomic mass is 15.0. The van der Waals surface area contributed by atoms with Gasteiger partial charge in [0, 0.05) is 6.54 Å². The van der Waals surface area contributed by atoms with Gasteiger partial charge in [-0.15, -0.1) is 0 Å². The molecule has 3 heteroatoms. The molecule has 0 spiro atoms. The monoisotopic (exact) mass is 170 g/mol. The van der Waals surface area contributed by atoms with Gasteiger partial charge < -0.3 is 11.1 Å². The van der Waals surface area contributed by atoms with E-state index in [1.807, 2.05) is 0 Å². The number of hydrogen-bond acceptors (Lipinski definition) is 1. The average Bonchev–Trinajstić information content (AvgIpc) is 2.04. The van der Waals surface area contributed by atoms with Gasteiger partial charge in [-0.2, -0.15) is 0 Å². The summed E-state index contributed by atoms with van der Waals surface area (Å²) in [5, 5.41) is 9.73. The van der Waals surface area contributed by atoms with Crippen molar-refractivity contribution in [2.75, 3.05) is 6.54 Å². The zero-order chi connectivity index (χ0) is 9.40. The molecule has 0 aliphatic carbocycles. The third-order valence-corrected chi connectivity index (χ3v) is 2.02. The van der Waals surface area contributed by atoms with Crippen LogP contribution in [0.4, 0.5) is 0 Å². The van der Waals surface area contributed by atoms with Gasteiger partial charge in [0.25, 0.3) is 0 Å². The van der Waals surface area contributed by atoms with Gasteiger partial charge in [-0.25, -0.2) is 0 Å². The maximum Gasteiger partial charge on any atom is 0.185 e. The molecule has 12 heavy (non-hydrogen) atoms. The van der Waals surface area contributed by atoms with E-state index in [1.54, 1.807) is 5.92 Å². The normalized spacial score (nSPS) is 10.2. The van der Waals surface area contributed by atoms with Crippen LogP contribution >= 0.6 is 0 Å². The first-order valence-electron chi connectivity index (χ1n) is 4.62. The molecule has 0 amide bonds. The van der Waals surface area contributed by atoms with Crippen molar-refractivity contribution in [3.8, 4) is 0 Å². The highest BCUT2D eigenvalue weighted by molar-refractivity contribution is 5.74. The van der Waals surface area contributed by atoms with E-state index in [1.165, 1.54) is 12.8 Å². The lowest BCUT2D eigenvalue weighted by Gasteiger charge is -2.11. The highest BCUT2D eigenvalue weighted by Crippen LogP contribution is 2.16. The fourth-order valence-electron chi connectivity index (χ4n) is 1.16. The fraction of sp³-hybridized carbons (Fsp3) is 0.778. The summed E-state index contributed by atoms with van der Waals surface area (Å²) in [4.78, 5) is 0. The molecule has 0 fully saturated rings. The Bertz CT molecular complexity index is 119. The summed E-state index contributed by atoms with van der Waals surface area (Å²) >= 11 is 0. The second kappa shape index (κ2) is 6.95. The summed E-state index contributed by atoms with van der Waals surface area (Å²) in [5.74, 6) is 1.67. The van der Waals surface area contributed by atoms with Gasteiger partial charge in [-0.1, -0.05) is 13.8 Å². The summed E-state index contributed by atoms with van der Waals surface area (Å²) in [7, 11) is 0. The topological polar surface area (TPSA) is 61.9 Å². The van der Waals surface area contributed by atoms with E-state index in [0.717, 1.165) is 19.4 Å². The standard InChI is InChI=1S/C9H20N3/c1-3-8(4-2)6-5-7-12-9(10)11/h3-7H2,1-2H3,(H4,10,11,12). The van der Waals surface area contributed by atoms with Gasteiger partial charge in [-0.3, -0.25) is 5.41 Å². The van der Waals surface area contributed by atoms with Crippen molar-refractivity contribution in [1.82, 2.24) is 5.32 Å². The van der Waals surface area contributed by atoms with Gasteiger partial charge in [0.2, 0.25) is 0 Å². The van der Waals surface area contributed by atoms with E-state index in [-0.39, 0.29) is 5.96 Å². The van der Waals surface area contributed by atoms with E-state index in [2.05, 4.69) is 19.2 Å². The SMILES string of the molecule is CC[C](CC)CCCNC(=N)N. The Morgan fingerprint density at radius 1 is 1.33 bits per heavy atom. The second-order valence-corrected chi connectivity index (χ2v) is 2.90. The largest absolute Gasteiger partial charge is 0.370 e. The van der Waals surface area contributed by atoms with Crippen LogP contribution < -0.4 is 11.1 Å². The highest BCUT2D eigenvalue weighted by Gasteiger charge is 2.02. The molecule has 0 aromatic rings. The molecule has 0 aliphatic heterocycles. The van der Waals surface area contributed by atoms with Crippen LogP contribution in [0.5, 0.6) is 0 Å². The van der Waals surface area contributed by atoms with Gasteiger partial charge in [0.1, 0.15) is 0 Å². The molecule has 0 aromatic carbocycles. The van der Waals surface area contributed by atoms with Gasteiger partial charge in [-0.05, 0) is 31.6 Å². The van der Waals surface area contributed by atoms with Gasteiger partial charge in [0.15, 0.2) is 5.96 Å². The molecule has 0 saturated heterocycles. The van der Waals surface area contributed by atoms with E-state index in [0.29, 0.717) is 0 Å². The Kier molecular flexibility index (Phi) is 6.53. The molecular formula is C9H20N3. The molecule has 4 N–H and O–H groups in total. The second-order valence-electron chi connectivity index (χ2n) is 2.90. The lowest BCUT2D eigenvalue weighted by atomic mass is 9.98. The van der Waals surface area contributed by atoms with Crippen LogP contribution in [0.2, 0.25) is 0 Å². The smallest absolute Gasteiger partial charge is 0.185 e. The van der Waals surface area contributed by atoms with Crippen LogP contribution in [-0.2, 0) is 0 Å². The van der Waals surface area contributed by atoms with Crippen LogP contribution in [0.1, 0.15) is 39.5 Å². The van der Waals surface area contributed by atoms with Crippen molar-refractivity contribution in [1.29, 1.82) is 5.41 Å². The van der Waals surface area contributed by atoms with Crippen molar-refractivity contribution in [2.24, 2.45) is 5.73 Å². The fourth-order valence-corrected chi connectivity index (χ4v) is 1.16. The summed E-state index contributed by atoms with van der Waals surface area (Å²) < 4.78 is 0. The Morgan fingerprint density at radius 3 is 2.33 bits per heavy atom. The van der Waals surface area contributed by atoms with E-state index < -0.39 is 0 Å². The molecular weight excluding hydrogens is 150 g/mol. The van der Waals surface area contributed by atoms with Crippen LogP contribution in [0, 0.1) is 11.3 Å². The van der Waals surface area contributed by atoms with E-state index >= 15 is 0 Å². The zero-order valence-electron chi connectivity index (χ0n) is 8.11. The van der Waals surface area contributed by atoms with Crippen molar-refractivity contribution in [2.45, 2.75) is 39.5 Å². The molecule has 0 aromatic heterocycles. The van der Waals surface area contributed by atoms with Crippen LogP contribution in [0.25, 0.3) is 0 Å². The molecule has 0 atom stereocenters.